The van der Waals surface area contributed by atoms with Crippen LogP contribution in [0.15, 0.2) is 12.1 Å². The van der Waals surface area contributed by atoms with Crippen molar-refractivity contribution in [3.63, 3.8) is 0 Å². The average Bonchev–Trinajstić information content (AvgIpc) is 2.00. The van der Waals surface area contributed by atoms with Gasteiger partial charge in [-0.3, -0.25) is 0 Å². The predicted octanol–water partition coefficient (Wildman–Crippen LogP) is -1.18. The van der Waals surface area contributed by atoms with Crippen molar-refractivity contribution < 1.29 is 46.0 Å². The fourth-order valence-corrected chi connectivity index (χ4v) is 1.04. The summed E-state index contributed by atoms with van der Waals surface area (Å²) in [6.45, 7) is 3.37. The molecular weight excluding hydrogens is 179 g/mol. The van der Waals surface area contributed by atoms with Crippen LogP contribution in [0.2, 0.25) is 0 Å². The van der Waals surface area contributed by atoms with Crippen LogP contribution in [0.1, 0.15) is 22.9 Å². The molecule has 0 heterocycles. The van der Waals surface area contributed by atoms with Crippen LogP contribution in [0.25, 0.3) is 0 Å². The minimum Gasteiger partial charge on any atom is -1.00 e. The fraction of sp³-hybridized carbons (Fsp3) is 0.222. The standard InChI is InChI=1S/C9H10O3.Na.H/c1-5-6(2)8(10)4-3-7(5)9(11)12;;/h3-4,10H,1-2H3,(H,11,12);;/q;+1;-1. The summed E-state index contributed by atoms with van der Waals surface area (Å²) < 4.78 is 0. The maximum absolute atomic E-state index is 10.6. The largest absolute Gasteiger partial charge is 1.00 e. The molecule has 1 aromatic carbocycles. The van der Waals surface area contributed by atoms with Crippen molar-refractivity contribution in [2.24, 2.45) is 0 Å². The average molecular weight is 190 g/mol. The molecule has 2 N–H and O–H groups in total. The van der Waals surface area contributed by atoms with E-state index in [4.69, 9.17) is 5.11 Å². The Labute approximate surface area is 100 Å². The fourth-order valence-electron chi connectivity index (χ4n) is 1.04. The maximum atomic E-state index is 10.6. The van der Waals surface area contributed by atoms with E-state index in [0.29, 0.717) is 11.1 Å². The molecule has 4 heteroatoms. The van der Waals surface area contributed by atoms with Crippen LogP contribution in [0.3, 0.4) is 0 Å². The van der Waals surface area contributed by atoms with Crippen LogP contribution in [0.5, 0.6) is 5.75 Å². The van der Waals surface area contributed by atoms with Crippen molar-refractivity contribution in [1.82, 2.24) is 0 Å². The summed E-state index contributed by atoms with van der Waals surface area (Å²) in [6, 6.07) is 2.80. The first-order valence-corrected chi connectivity index (χ1v) is 3.56. The van der Waals surface area contributed by atoms with Gasteiger partial charge in [0.2, 0.25) is 0 Å². The second kappa shape index (κ2) is 4.65. The summed E-state index contributed by atoms with van der Waals surface area (Å²) in [5.74, 6) is -0.826. The molecule has 0 aromatic heterocycles. The second-order valence-corrected chi connectivity index (χ2v) is 2.69. The van der Waals surface area contributed by atoms with E-state index in [9.17, 15) is 9.90 Å². The van der Waals surface area contributed by atoms with Crippen molar-refractivity contribution in [2.45, 2.75) is 13.8 Å². The van der Waals surface area contributed by atoms with Gasteiger partial charge in [-0.05, 0) is 37.1 Å². The van der Waals surface area contributed by atoms with Gasteiger partial charge < -0.3 is 11.6 Å². The SMILES string of the molecule is Cc1c(O)ccc(C(=O)O)c1C.[H-].[Na+]. The maximum Gasteiger partial charge on any atom is 1.00 e. The molecule has 0 saturated heterocycles. The van der Waals surface area contributed by atoms with Crippen LogP contribution in [-0.4, -0.2) is 16.2 Å². The van der Waals surface area contributed by atoms with Crippen molar-refractivity contribution in [3.8, 4) is 5.75 Å². The Bertz CT molecular complexity index is 339. The van der Waals surface area contributed by atoms with E-state index in [1.165, 1.54) is 12.1 Å². The molecule has 0 fully saturated rings. The molecule has 0 aliphatic carbocycles. The number of carbonyl (C=O) groups is 1. The minimum absolute atomic E-state index is 0. The molecule has 66 valence electrons. The first-order valence-electron chi connectivity index (χ1n) is 3.56. The molecule has 0 unspecified atom stereocenters. The summed E-state index contributed by atoms with van der Waals surface area (Å²) in [4.78, 5) is 10.6. The Morgan fingerprint density at radius 1 is 1.31 bits per heavy atom. The van der Waals surface area contributed by atoms with Gasteiger partial charge in [0.15, 0.2) is 0 Å². The molecule has 0 amide bonds. The molecule has 1 aromatic rings. The van der Waals surface area contributed by atoms with Gasteiger partial charge in [0.1, 0.15) is 5.75 Å². The molecule has 0 spiro atoms. The Balaban J connectivity index is 0. The van der Waals surface area contributed by atoms with Gasteiger partial charge in [-0.1, -0.05) is 0 Å². The van der Waals surface area contributed by atoms with Gasteiger partial charge >= 0.3 is 35.5 Å². The number of aromatic carboxylic acids is 1. The molecule has 0 atom stereocenters. The number of rotatable bonds is 1. The first-order chi connectivity index (χ1) is 5.54. The minimum atomic E-state index is -0.962. The predicted molar refractivity (Wildman–Crippen MR) is 45.7 cm³/mol. The summed E-state index contributed by atoms with van der Waals surface area (Å²) >= 11 is 0. The van der Waals surface area contributed by atoms with Crippen molar-refractivity contribution in [1.29, 1.82) is 0 Å². The van der Waals surface area contributed by atoms with Gasteiger partial charge in [-0.15, -0.1) is 0 Å². The molecular formula is C9H11NaO3. The normalized spacial score (nSPS) is 9.08. The third kappa shape index (κ3) is 2.46. The first kappa shape index (κ1) is 12.5. The Hall–Kier alpha value is -0.510. The third-order valence-corrected chi connectivity index (χ3v) is 1.99. The van der Waals surface area contributed by atoms with E-state index in [2.05, 4.69) is 0 Å². The van der Waals surface area contributed by atoms with Gasteiger partial charge in [0, 0.05) is 0 Å². The number of carboxylic acid groups (broad SMARTS) is 1. The topological polar surface area (TPSA) is 57.5 Å². The Morgan fingerprint density at radius 2 is 1.85 bits per heavy atom. The molecule has 0 bridgehead atoms. The monoisotopic (exact) mass is 190 g/mol. The number of hydrogen-bond donors (Lipinski definition) is 2. The Morgan fingerprint density at radius 3 is 2.31 bits per heavy atom. The third-order valence-electron chi connectivity index (χ3n) is 1.99. The van der Waals surface area contributed by atoms with Crippen molar-refractivity contribution >= 4 is 5.97 Å². The van der Waals surface area contributed by atoms with E-state index in [-0.39, 0.29) is 42.3 Å². The van der Waals surface area contributed by atoms with E-state index in [1.54, 1.807) is 13.8 Å². The summed E-state index contributed by atoms with van der Waals surface area (Å²) in [7, 11) is 0. The van der Waals surface area contributed by atoms with Crippen molar-refractivity contribution in [3.05, 3.63) is 28.8 Å². The zero-order valence-corrected chi connectivity index (χ0v) is 9.96. The van der Waals surface area contributed by atoms with E-state index < -0.39 is 5.97 Å². The van der Waals surface area contributed by atoms with E-state index in [1.807, 2.05) is 0 Å². The number of hydrogen-bond acceptors (Lipinski definition) is 2. The molecule has 0 aliphatic rings. The number of phenols is 1. The quantitative estimate of drug-likeness (QED) is 0.548. The number of benzene rings is 1. The van der Waals surface area contributed by atoms with Crippen LogP contribution >= 0.6 is 0 Å². The number of phenolic OH excluding ortho intramolecular Hbond substituents is 1. The summed E-state index contributed by atoms with van der Waals surface area (Å²) in [5, 5.41) is 17.9. The number of aromatic hydroxyl groups is 1. The van der Waals surface area contributed by atoms with Crippen LogP contribution in [-0.2, 0) is 0 Å². The zero-order valence-electron chi connectivity index (χ0n) is 8.96. The molecule has 3 nitrogen and oxygen atoms in total. The Kier molecular flexibility index (Phi) is 4.47. The second-order valence-electron chi connectivity index (χ2n) is 2.69. The van der Waals surface area contributed by atoms with Crippen LogP contribution in [0, 0.1) is 13.8 Å². The molecule has 0 radical (unpaired) electrons. The summed E-state index contributed by atoms with van der Waals surface area (Å²) in [6.07, 6.45) is 0. The number of carboxylic acids is 1. The molecule has 0 aliphatic heterocycles. The zero-order chi connectivity index (χ0) is 9.30. The summed E-state index contributed by atoms with van der Waals surface area (Å²) in [5.41, 5.74) is 1.47. The van der Waals surface area contributed by atoms with Crippen molar-refractivity contribution in [2.75, 3.05) is 0 Å². The van der Waals surface area contributed by atoms with E-state index >= 15 is 0 Å². The molecule has 0 saturated carbocycles. The smallest absolute Gasteiger partial charge is 1.00 e. The molecule has 13 heavy (non-hydrogen) atoms. The molecule has 1 rings (SSSR count). The van der Waals surface area contributed by atoms with Gasteiger partial charge in [-0.25, -0.2) is 4.79 Å². The van der Waals surface area contributed by atoms with E-state index in [0.717, 1.165) is 0 Å². The van der Waals surface area contributed by atoms with Gasteiger partial charge in [-0.2, -0.15) is 0 Å². The van der Waals surface area contributed by atoms with Gasteiger partial charge in [0.25, 0.3) is 0 Å². The van der Waals surface area contributed by atoms with Crippen LogP contribution in [0.4, 0.5) is 0 Å². The van der Waals surface area contributed by atoms with Gasteiger partial charge in [0.05, 0.1) is 5.56 Å². The van der Waals surface area contributed by atoms with Crippen LogP contribution < -0.4 is 29.6 Å².